The Bertz CT molecular complexity index is 845. The van der Waals surface area contributed by atoms with Crippen LogP contribution in [-0.4, -0.2) is 34.7 Å². The fraction of sp³-hybridized carbons (Fsp3) is 0.591. The zero-order valence-corrected chi connectivity index (χ0v) is 16.1. The Morgan fingerprint density at radius 3 is 2.79 bits per heavy atom. The van der Waals surface area contributed by atoms with Crippen molar-refractivity contribution in [1.82, 2.24) is 15.5 Å². The maximum Gasteiger partial charge on any atom is 0.255 e. The van der Waals surface area contributed by atoms with E-state index in [0.29, 0.717) is 30.0 Å². The lowest BCUT2D eigenvalue weighted by Gasteiger charge is -2.30. The molecule has 6 heteroatoms. The van der Waals surface area contributed by atoms with Gasteiger partial charge in [-0.2, -0.15) is 0 Å². The zero-order chi connectivity index (χ0) is 19.3. The molecule has 1 aromatic rings. The van der Waals surface area contributed by atoms with Gasteiger partial charge in [0.05, 0.1) is 0 Å². The van der Waals surface area contributed by atoms with E-state index in [1.807, 2.05) is 12.1 Å². The molecule has 148 valence electrons. The summed E-state index contributed by atoms with van der Waals surface area (Å²) < 4.78 is 0. The second-order valence-electron chi connectivity index (χ2n) is 9.07. The van der Waals surface area contributed by atoms with E-state index in [9.17, 15) is 14.4 Å². The predicted octanol–water partition coefficient (Wildman–Crippen LogP) is 2.26. The molecule has 0 radical (unpaired) electrons. The normalized spacial score (nSPS) is 28.4. The van der Waals surface area contributed by atoms with Crippen LogP contribution in [0.15, 0.2) is 18.2 Å². The summed E-state index contributed by atoms with van der Waals surface area (Å²) in [5.41, 5.74) is 3.51. The average Bonchev–Trinajstić information content (AvgIpc) is 3.34. The van der Waals surface area contributed by atoms with Crippen LogP contribution in [0, 0.1) is 5.41 Å². The average molecular weight is 381 g/mol. The number of imide groups is 1. The SMILES string of the molecule is O=C1CCC(N2Cc3cc(CNC4CCCC5(CC5)C4)ccc3C2=O)C(=O)N1. The predicted molar refractivity (Wildman–Crippen MR) is 103 cm³/mol. The summed E-state index contributed by atoms with van der Waals surface area (Å²) in [5.74, 6) is -0.716. The molecule has 2 atom stereocenters. The number of carbonyl (C=O) groups excluding carboxylic acids is 3. The molecule has 28 heavy (non-hydrogen) atoms. The van der Waals surface area contributed by atoms with Gasteiger partial charge in [0, 0.05) is 31.1 Å². The molecule has 1 spiro atoms. The number of nitrogens with zero attached hydrogens (tertiary/aromatic N) is 1. The van der Waals surface area contributed by atoms with Gasteiger partial charge in [0.25, 0.3) is 5.91 Å². The summed E-state index contributed by atoms with van der Waals surface area (Å²) in [6.45, 7) is 1.27. The Morgan fingerprint density at radius 2 is 2.00 bits per heavy atom. The number of fused-ring (bicyclic) bond motifs is 1. The molecule has 2 N–H and O–H groups in total. The fourth-order valence-corrected chi connectivity index (χ4v) is 5.26. The van der Waals surface area contributed by atoms with Gasteiger partial charge in [0.15, 0.2) is 0 Å². The lowest BCUT2D eigenvalue weighted by atomic mass is 9.83. The first-order chi connectivity index (χ1) is 13.5. The molecule has 2 aliphatic heterocycles. The first kappa shape index (κ1) is 17.9. The number of rotatable bonds is 4. The van der Waals surface area contributed by atoms with Gasteiger partial charge in [-0.3, -0.25) is 19.7 Å². The zero-order valence-electron chi connectivity index (χ0n) is 16.1. The highest BCUT2D eigenvalue weighted by Gasteiger charge is 2.45. The van der Waals surface area contributed by atoms with E-state index in [2.05, 4.69) is 16.7 Å². The first-order valence-electron chi connectivity index (χ1n) is 10.5. The molecule has 2 saturated carbocycles. The number of carbonyl (C=O) groups is 3. The molecular formula is C22H27N3O3. The van der Waals surface area contributed by atoms with Crippen molar-refractivity contribution in [2.75, 3.05) is 0 Å². The van der Waals surface area contributed by atoms with Gasteiger partial charge in [0.1, 0.15) is 6.04 Å². The monoisotopic (exact) mass is 381 g/mol. The van der Waals surface area contributed by atoms with Crippen LogP contribution in [0.5, 0.6) is 0 Å². The number of amides is 3. The van der Waals surface area contributed by atoms with Crippen LogP contribution in [0.25, 0.3) is 0 Å². The van der Waals surface area contributed by atoms with E-state index in [-0.39, 0.29) is 24.1 Å². The van der Waals surface area contributed by atoms with Gasteiger partial charge in [-0.1, -0.05) is 18.6 Å². The van der Waals surface area contributed by atoms with Crippen molar-refractivity contribution in [3.8, 4) is 0 Å². The highest BCUT2D eigenvalue weighted by Crippen LogP contribution is 2.56. The molecule has 1 saturated heterocycles. The lowest BCUT2D eigenvalue weighted by Crippen LogP contribution is -2.52. The number of piperidine rings is 1. The highest BCUT2D eigenvalue weighted by molar-refractivity contribution is 6.05. The minimum Gasteiger partial charge on any atom is -0.322 e. The van der Waals surface area contributed by atoms with Crippen molar-refractivity contribution in [3.63, 3.8) is 0 Å². The third-order valence-electron chi connectivity index (χ3n) is 7.08. The third-order valence-corrected chi connectivity index (χ3v) is 7.08. The van der Waals surface area contributed by atoms with Crippen LogP contribution in [0.2, 0.25) is 0 Å². The molecule has 2 heterocycles. The van der Waals surface area contributed by atoms with Crippen molar-refractivity contribution in [3.05, 3.63) is 34.9 Å². The molecule has 4 aliphatic rings. The maximum absolute atomic E-state index is 12.8. The minimum absolute atomic E-state index is 0.105. The highest BCUT2D eigenvalue weighted by atomic mass is 16.2. The van der Waals surface area contributed by atoms with Gasteiger partial charge >= 0.3 is 0 Å². The standard InChI is InChI=1S/C22H27N3O3/c26-19-6-5-18(20(27)24-19)25-13-15-10-14(3-4-17(15)21(25)28)12-23-16-2-1-7-22(11-16)8-9-22/h3-4,10,16,18,23H,1-2,5-9,11-13H2,(H,24,26,27). The number of benzene rings is 1. The van der Waals surface area contributed by atoms with E-state index in [1.54, 1.807) is 4.90 Å². The second-order valence-corrected chi connectivity index (χ2v) is 9.07. The van der Waals surface area contributed by atoms with E-state index in [1.165, 1.54) is 44.1 Å². The third kappa shape index (κ3) is 3.24. The molecule has 2 aliphatic carbocycles. The van der Waals surface area contributed by atoms with Crippen molar-refractivity contribution < 1.29 is 14.4 Å². The molecular weight excluding hydrogens is 354 g/mol. The summed E-state index contributed by atoms with van der Waals surface area (Å²) in [5, 5.41) is 6.07. The van der Waals surface area contributed by atoms with Crippen LogP contribution in [0.3, 0.4) is 0 Å². The molecule has 6 nitrogen and oxygen atoms in total. The van der Waals surface area contributed by atoms with Gasteiger partial charge < -0.3 is 10.2 Å². The molecule has 3 amide bonds. The maximum atomic E-state index is 12.8. The number of hydrogen-bond donors (Lipinski definition) is 2. The van der Waals surface area contributed by atoms with E-state index >= 15 is 0 Å². The van der Waals surface area contributed by atoms with Crippen molar-refractivity contribution in [2.24, 2.45) is 5.41 Å². The van der Waals surface area contributed by atoms with E-state index < -0.39 is 6.04 Å². The quantitative estimate of drug-likeness (QED) is 0.784. The molecule has 3 fully saturated rings. The van der Waals surface area contributed by atoms with Gasteiger partial charge in [-0.05, 0) is 61.1 Å². The second kappa shape index (κ2) is 6.69. The fourth-order valence-electron chi connectivity index (χ4n) is 5.26. The van der Waals surface area contributed by atoms with Gasteiger partial charge in [-0.25, -0.2) is 0 Å². The molecule has 1 aromatic carbocycles. The smallest absolute Gasteiger partial charge is 0.255 e. The Balaban J connectivity index is 1.24. The van der Waals surface area contributed by atoms with Crippen molar-refractivity contribution in [2.45, 2.75) is 76.5 Å². The summed E-state index contributed by atoms with van der Waals surface area (Å²) in [4.78, 5) is 37.9. The van der Waals surface area contributed by atoms with E-state index in [0.717, 1.165) is 12.1 Å². The summed E-state index contributed by atoms with van der Waals surface area (Å²) in [6.07, 6.45) is 8.80. The van der Waals surface area contributed by atoms with Gasteiger partial charge in [-0.15, -0.1) is 0 Å². The summed E-state index contributed by atoms with van der Waals surface area (Å²) in [6, 6.07) is 6.07. The lowest BCUT2D eigenvalue weighted by molar-refractivity contribution is -0.136. The Kier molecular flexibility index (Phi) is 4.27. The molecule has 0 aromatic heterocycles. The van der Waals surface area contributed by atoms with Crippen LogP contribution in [0.4, 0.5) is 0 Å². The van der Waals surface area contributed by atoms with Crippen LogP contribution < -0.4 is 10.6 Å². The molecule has 5 rings (SSSR count). The van der Waals surface area contributed by atoms with Crippen LogP contribution in [0.1, 0.15) is 72.9 Å². The topological polar surface area (TPSA) is 78.5 Å². The Hall–Kier alpha value is -2.21. The van der Waals surface area contributed by atoms with Crippen molar-refractivity contribution in [1.29, 1.82) is 0 Å². The summed E-state index contributed by atoms with van der Waals surface area (Å²) in [7, 11) is 0. The molecule has 0 bridgehead atoms. The Labute approximate surface area is 165 Å². The largest absolute Gasteiger partial charge is 0.322 e. The van der Waals surface area contributed by atoms with Crippen LogP contribution in [-0.2, 0) is 22.7 Å². The van der Waals surface area contributed by atoms with Crippen LogP contribution >= 0.6 is 0 Å². The number of nitrogens with one attached hydrogen (secondary N) is 2. The van der Waals surface area contributed by atoms with Crippen molar-refractivity contribution >= 4 is 17.7 Å². The summed E-state index contributed by atoms with van der Waals surface area (Å²) >= 11 is 0. The van der Waals surface area contributed by atoms with E-state index in [4.69, 9.17) is 0 Å². The van der Waals surface area contributed by atoms with Gasteiger partial charge in [0.2, 0.25) is 11.8 Å². The number of hydrogen-bond acceptors (Lipinski definition) is 4. The molecule has 2 unspecified atom stereocenters. The Morgan fingerprint density at radius 1 is 1.14 bits per heavy atom. The first-order valence-corrected chi connectivity index (χ1v) is 10.5. The minimum atomic E-state index is -0.545.